The first-order valence-corrected chi connectivity index (χ1v) is 9.67. The van der Waals surface area contributed by atoms with E-state index in [1.807, 2.05) is 18.3 Å². The molecule has 1 aliphatic carbocycles. The standard InChI is InChI=1S/C20H25N5O2/c26-19-11-17(14-24(19)13-15-3-1-7-21-12-15)20(27)22-8-2-10-25-18(6-9-23-25)16-4-5-16/h1,3,6-7,9,12,16-17H,2,4-5,8,10-11,13-14H2,(H,22,27)/t17-/m0/s1. The summed E-state index contributed by atoms with van der Waals surface area (Å²) in [7, 11) is 0. The second-order valence-electron chi connectivity index (χ2n) is 7.43. The van der Waals surface area contributed by atoms with E-state index in [1.165, 1.54) is 18.5 Å². The zero-order valence-electron chi connectivity index (χ0n) is 15.4. The van der Waals surface area contributed by atoms with Crippen molar-refractivity contribution in [3.8, 4) is 0 Å². The summed E-state index contributed by atoms with van der Waals surface area (Å²) in [6.07, 6.45) is 8.97. The molecule has 1 aliphatic heterocycles. The highest BCUT2D eigenvalue weighted by molar-refractivity contribution is 5.89. The number of pyridine rings is 1. The minimum absolute atomic E-state index is 0.0279. The number of hydrogen-bond donors (Lipinski definition) is 1. The van der Waals surface area contributed by atoms with Crippen LogP contribution in [0.1, 0.15) is 42.9 Å². The van der Waals surface area contributed by atoms with Gasteiger partial charge in [0.15, 0.2) is 0 Å². The Balaban J connectivity index is 1.20. The van der Waals surface area contributed by atoms with E-state index >= 15 is 0 Å². The first-order valence-electron chi connectivity index (χ1n) is 9.67. The van der Waals surface area contributed by atoms with Crippen LogP contribution in [0, 0.1) is 5.92 Å². The molecule has 2 aliphatic rings. The van der Waals surface area contributed by atoms with Crippen molar-refractivity contribution in [1.29, 1.82) is 0 Å². The predicted octanol–water partition coefficient (Wildman–Crippen LogP) is 1.71. The summed E-state index contributed by atoms with van der Waals surface area (Å²) < 4.78 is 2.05. The molecule has 0 bridgehead atoms. The largest absolute Gasteiger partial charge is 0.356 e. The molecule has 2 aromatic rings. The molecule has 0 aromatic carbocycles. The Morgan fingerprint density at radius 2 is 2.15 bits per heavy atom. The van der Waals surface area contributed by atoms with Gasteiger partial charge in [0.1, 0.15) is 0 Å². The van der Waals surface area contributed by atoms with Crippen LogP contribution in [-0.2, 0) is 22.7 Å². The minimum Gasteiger partial charge on any atom is -0.356 e. The quantitative estimate of drug-likeness (QED) is 0.721. The van der Waals surface area contributed by atoms with Crippen molar-refractivity contribution in [3.05, 3.63) is 48.0 Å². The predicted molar refractivity (Wildman–Crippen MR) is 99.6 cm³/mol. The number of nitrogens with one attached hydrogen (secondary N) is 1. The Morgan fingerprint density at radius 3 is 2.93 bits per heavy atom. The van der Waals surface area contributed by atoms with E-state index in [2.05, 4.69) is 26.1 Å². The van der Waals surface area contributed by atoms with Gasteiger partial charge in [-0.2, -0.15) is 5.10 Å². The maximum absolute atomic E-state index is 12.4. The second kappa shape index (κ2) is 7.90. The van der Waals surface area contributed by atoms with Crippen LogP contribution in [0.2, 0.25) is 0 Å². The van der Waals surface area contributed by atoms with Crippen LogP contribution in [0.3, 0.4) is 0 Å². The van der Waals surface area contributed by atoms with Crippen molar-refractivity contribution in [3.63, 3.8) is 0 Å². The molecule has 7 heteroatoms. The fraction of sp³-hybridized carbons (Fsp3) is 0.500. The molecule has 0 spiro atoms. The van der Waals surface area contributed by atoms with Gasteiger partial charge in [-0.1, -0.05) is 6.07 Å². The summed E-state index contributed by atoms with van der Waals surface area (Å²) in [5, 5.41) is 7.36. The molecule has 2 fully saturated rings. The number of aromatic nitrogens is 3. The number of likely N-dealkylation sites (tertiary alicyclic amines) is 1. The average molecular weight is 367 g/mol. The highest BCUT2D eigenvalue weighted by Gasteiger charge is 2.34. The molecule has 2 aromatic heterocycles. The minimum atomic E-state index is -0.263. The van der Waals surface area contributed by atoms with E-state index in [1.54, 1.807) is 17.3 Å². The van der Waals surface area contributed by atoms with Gasteiger partial charge in [-0.25, -0.2) is 0 Å². The van der Waals surface area contributed by atoms with Crippen molar-refractivity contribution < 1.29 is 9.59 Å². The monoisotopic (exact) mass is 367 g/mol. The van der Waals surface area contributed by atoms with Crippen molar-refractivity contribution in [1.82, 2.24) is 25.0 Å². The number of rotatable bonds is 8. The molecule has 7 nitrogen and oxygen atoms in total. The molecule has 2 amide bonds. The van der Waals surface area contributed by atoms with Crippen LogP contribution < -0.4 is 5.32 Å². The van der Waals surface area contributed by atoms with Gasteiger partial charge in [0.25, 0.3) is 0 Å². The van der Waals surface area contributed by atoms with Gasteiger partial charge >= 0.3 is 0 Å². The van der Waals surface area contributed by atoms with E-state index in [0.29, 0.717) is 25.6 Å². The smallest absolute Gasteiger partial charge is 0.225 e. The third-order valence-corrected chi connectivity index (χ3v) is 5.27. The van der Waals surface area contributed by atoms with Gasteiger partial charge in [-0.15, -0.1) is 0 Å². The second-order valence-corrected chi connectivity index (χ2v) is 7.43. The molecule has 27 heavy (non-hydrogen) atoms. The van der Waals surface area contributed by atoms with Gasteiger partial charge in [0, 0.05) is 62.8 Å². The summed E-state index contributed by atoms with van der Waals surface area (Å²) in [6, 6.07) is 5.89. The summed E-state index contributed by atoms with van der Waals surface area (Å²) in [4.78, 5) is 30.4. The van der Waals surface area contributed by atoms with Gasteiger partial charge in [0.2, 0.25) is 11.8 Å². The number of carbonyl (C=O) groups excluding carboxylic acids is 2. The highest BCUT2D eigenvalue weighted by atomic mass is 16.2. The Kier molecular flexibility index (Phi) is 5.18. The number of hydrogen-bond acceptors (Lipinski definition) is 4. The van der Waals surface area contributed by atoms with Crippen LogP contribution in [0.5, 0.6) is 0 Å². The Hall–Kier alpha value is -2.70. The first kappa shape index (κ1) is 17.7. The molecule has 1 atom stereocenters. The molecule has 1 saturated carbocycles. The number of aryl methyl sites for hydroxylation is 1. The summed E-state index contributed by atoms with van der Waals surface area (Å²) in [5.74, 6) is 0.419. The van der Waals surface area contributed by atoms with E-state index in [9.17, 15) is 9.59 Å². The Bertz CT molecular complexity index is 800. The molecule has 0 radical (unpaired) electrons. The van der Waals surface area contributed by atoms with Crippen LogP contribution in [-0.4, -0.2) is 44.6 Å². The van der Waals surface area contributed by atoms with Crippen molar-refractivity contribution in [2.24, 2.45) is 5.92 Å². The van der Waals surface area contributed by atoms with Crippen molar-refractivity contribution in [2.75, 3.05) is 13.1 Å². The molecule has 4 rings (SSSR count). The van der Waals surface area contributed by atoms with Crippen molar-refractivity contribution >= 4 is 11.8 Å². The van der Waals surface area contributed by atoms with E-state index in [4.69, 9.17) is 0 Å². The fourth-order valence-electron chi connectivity index (χ4n) is 3.65. The summed E-state index contributed by atoms with van der Waals surface area (Å²) >= 11 is 0. The van der Waals surface area contributed by atoms with Crippen molar-refractivity contribution in [2.45, 2.75) is 44.7 Å². The number of amides is 2. The Morgan fingerprint density at radius 1 is 1.26 bits per heavy atom. The van der Waals surface area contributed by atoms with E-state index in [-0.39, 0.29) is 24.2 Å². The van der Waals surface area contributed by atoms with Gasteiger partial charge in [-0.05, 0) is 37.0 Å². The molecular formula is C20H25N5O2. The summed E-state index contributed by atoms with van der Waals surface area (Å²) in [5.41, 5.74) is 2.30. The molecular weight excluding hydrogens is 342 g/mol. The Labute approximate surface area is 158 Å². The van der Waals surface area contributed by atoms with Crippen LogP contribution >= 0.6 is 0 Å². The fourth-order valence-corrected chi connectivity index (χ4v) is 3.65. The lowest BCUT2D eigenvalue weighted by molar-refractivity contribution is -0.129. The molecule has 1 saturated heterocycles. The normalized spacial score (nSPS) is 19.5. The summed E-state index contributed by atoms with van der Waals surface area (Å²) in [6.45, 7) is 2.41. The van der Waals surface area contributed by atoms with Crippen LogP contribution in [0.25, 0.3) is 0 Å². The lowest BCUT2D eigenvalue weighted by atomic mass is 10.1. The van der Waals surface area contributed by atoms with Gasteiger partial charge < -0.3 is 10.2 Å². The van der Waals surface area contributed by atoms with E-state index in [0.717, 1.165) is 18.5 Å². The lowest BCUT2D eigenvalue weighted by Gasteiger charge is -2.16. The average Bonchev–Trinajstić information content (AvgIpc) is 3.31. The van der Waals surface area contributed by atoms with Gasteiger partial charge in [0.05, 0.1) is 5.92 Å². The first-order chi connectivity index (χ1) is 13.2. The zero-order valence-corrected chi connectivity index (χ0v) is 15.4. The highest BCUT2D eigenvalue weighted by Crippen LogP contribution is 2.39. The zero-order chi connectivity index (χ0) is 18.6. The molecule has 142 valence electrons. The maximum atomic E-state index is 12.4. The third kappa shape index (κ3) is 4.35. The SMILES string of the molecule is O=C(NCCCn1nccc1C1CC1)[C@H]1CC(=O)N(Cc2cccnc2)C1. The third-order valence-electron chi connectivity index (χ3n) is 5.27. The van der Waals surface area contributed by atoms with E-state index < -0.39 is 0 Å². The topological polar surface area (TPSA) is 80.1 Å². The lowest BCUT2D eigenvalue weighted by Crippen LogP contribution is -2.33. The van der Waals surface area contributed by atoms with Crippen LogP contribution in [0.15, 0.2) is 36.8 Å². The molecule has 0 unspecified atom stereocenters. The number of nitrogens with zero attached hydrogens (tertiary/aromatic N) is 4. The molecule has 1 N–H and O–H groups in total. The van der Waals surface area contributed by atoms with Gasteiger partial charge in [-0.3, -0.25) is 19.3 Å². The molecule has 3 heterocycles. The maximum Gasteiger partial charge on any atom is 0.225 e. The van der Waals surface area contributed by atoms with Crippen LogP contribution in [0.4, 0.5) is 0 Å². The number of carbonyl (C=O) groups is 2.